The summed E-state index contributed by atoms with van der Waals surface area (Å²) in [5, 5.41) is 3.42. The summed E-state index contributed by atoms with van der Waals surface area (Å²) >= 11 is 3.61. The number of halogens is 2. The van der Waals surface area contributed by atoms with E-state index in [4.69, 9.17) is 9.47 Å². The lowest BCUT2D eigenvalue weighted by Crippen LogP contribution is -2.13. The highest BCUT2D eigenvalue weighted by Crippen LogP contribution is 2.37. The van der Waals surface area contributed by atoms with Gasteiger partial charge in [-0.2, -0.15) is 0 Å². The number of rotatable bonds is 8. The Morgan fingerprint density at radius 1 is 0.963 bits per heavy atom. The smallest absolute Gasteiger partial charge is 0.175 e. The van der Waals surface area contributed by atoms with Crippen molar-refractivity contribution in [2.45, 2.75) is 19.7 Å². The maximum atomic E-state index is 5.97. The quantitative estimate of drug-likeness (QED) is 0.517. The van der Waals surface area contributed by atoms with Crippen molar-refractivity contribution >= 4 is 28.3 Å². The van der Waals surface area contributed by atoms with Crippen LogP contribution < -0.4 is 14.8 Å². The Bertz CT molecular complexity index is 832. The molecule has 2 aromatic carbocycles. The van der Waals surface area contributed by atoms with Crippen LogP contribution in [0.3, 0.4) is 0 Å². The zero-order chi connectivity index (χ0) is 18.2. The molecule has 1 heterocycles. The minimum absolute atomic E-state index is 0. The highest BCUT2D eigenvalue weighted by Gasteiger charge is 2.12. The van der Waals surface area contributed by atoms with E-state index < -0.39 is 0 Å². The van der Waals surface area contributed by atoms with E-state index in [-0.39, 0.29) is 12.4 Å². The van der Waals surface area contributed by atoms with Gasteiger partial charge in [-0.3, -0.25) is 4.98 Å². The van der Waals surface area contributed by atoms with Gasteiger partial charge in [-0.25, -0.2) is 0 Å². The van der Waals surface area contributed by atoms with E-state index in [1.165, 1.54) is 0 Å². The van der Waals surface area contributed by atoms with Gasteiger partial charge in [-0.1, -0.05) is 36.4 Å². The SMILES string of the molecule is COc1cc(CNCc2cccnc2)cc(Br)c1OCc1ccccc1.Cl. The third kappa shape index (κ3) is 6.24. The predicted molar refractivity (Wildman–Crippen MR) is 113 cm³/mol. The van der Waals surface area contributed by atoms with Gasteiger partial charge in [0.05, 0.1) is 11.6 Å². The topological polar surface area (TPSA) is 43.4 Å². The normalized spacial score (nSPS) is 10.1. The molecule has 4 nitrogen and oxygen atoms in total. The summed E-state index contributed by atoms with van der Waals surface area (Å²) in [5.74, 6) is 1.43. The van der Waals surface area contributed by atoms with E-state index in [1.807, 2.05) is 48.7 Å². The molecule has 27 heavy (non-hydrogen) atoms. The summed E-state index contributed by atoms with van der Waals surface area (Å²) in [6.45, 7) is 1.98. The number of benzene rings is 2. The molecular formula is C21H22BrClN2O2. The minimum Gasteiger partial charge on any atom is -0.493 e. The van der Waals surface area contributed by atoms with Crippen LogP contribution in [0.4, 0.5) is 0 Å². The summed E-state index contributed by atoms with van der Waals surface area (Å²) in [5.41, 5.74) is 3.38. The standard InChI is InChI=1S/C21H21BrN2O2.ClH/c1-25-20-11-18(14-24-13-17-8-5-9-23-12-17)10-19(22)21(20)26-15-16-6-3-2-4-7-16;/h2-12,24H,13-15H2,1H3;1H. The minimum atomic E-state index is 0. The maximum absolute atomic E-state index is 5.97. The van der Waals surface area contributed by atoms with Gasteiger partial charge < -0.3 is 14.8 Å². The maximum Gasteiger partial charge on any atom is 0.175 e. The van der Waals surface area contributed by atoms with E-state index in [2.05, 4.69) is 38.4 Å². The first-order valence-electron chi connectivity index (χ1n) is 8.39. The molecule has 0 spiro atoms. The van der Waals surface area contributed by atoms with Crippen molar-refractivity contribution in [3.05, 3.63) is 88.2 Å². The number of nitrogens with zero attached hydrogens (tertiary/aromatic N) is 1. The van der Waals surface area contributed by atoms with E-state index in [0.717, 1.165) is 34.3 Å². The molecule has 1 N–H and O–H groups in total. The van der Waals surface area contributed by atoms with Crippen LogP contribution in [-0.2, 0) is 19.7 Å². The zero-order valence-electron chi connectivity index (χ0n) is 15.0. The van der Waals surface area contributed by atoms with Crippen LogP contribution >= 0.6 is 28.3 Å². The van der Waals surface area contributed by atoms with Gasteiger partial charge >= 0.3 is 0 Å². The Morgan fingerprint density at radius 2 is 1.70 bits per heavy atom. The van der Waals surface area contributed by atoms with Crippen molar-refractivity contribution in [1.29, 1.82) is 0 Å². The van der Waals surface area contributed by atoms with Crippen molar-refractivity contribution < 1.29 is 9.47 Å². The summed E-state index contributed by atoms with van der Waals surface area (Å²) in [6.07, 6.45) is 3.64. The van der Waals surface area contributed by atoms with Crippen molar-refractivity contribution in [1.82, 2.24) is 10.3 Å². The molecule has 0 saturated heterocycles. The molecule has 0 bridgehead atoms. The van der Waals surface area contributed by atoms with Crippen molar-refractivity contribution in [2.24, 2.45) is 0 Å². The molecule has 3 rings (SSSR count). The fraction of sp³-hybridized carbons (Fsp3) is 0.190. The fourth-order valence-corrected chi connectivity index (χ4v) is 3.20. The molecule has 0 fully saturated rings. The van der Waals surface area contributed by atoms with E-state index >= 15 is 0 Å². The molecule has 0 amide bonds. The lowest BCUT2D eigenvalue weighted by atomic mass is 10.2. The molecule has 0 aliphatic rings. The van der Waals surface area contributed by atoms with Crippen LogP contribution in [0.15, 0.2) is 71.5 Å². The average molecular weight is 450 g/mol. The summed E-state index contributed by atoms with van der Waals surface area (Å²) < 4.78 is 12.4. The van der Waals surface area contributed by atoms with E-state index in [9.17, 15) is 0 Å². The summed E-state index contributed by atoms with van der Waals surface area (Å²) in [7, 11) is 1.66. The average Bonchev–Trinajstić information content (AvgIpc) is 2.68. The van der Waals surface area contributed by atoms with Crippen LogP contribution in [-0.4, -0.2) is 12.1 Å². The zero-order valence-corrected chi connectivity index (χ0v) is 17.4. The first-order chi connectivity index (χ1) is 12.8. The number of methoxy groups -OCH3 is 1. The Morgan fingerprint density at radius 3 is 2.41 bits per heavy atom. The van der Waals surface area contributed by atoms with Gasteiger partial charge in [-0.05, 0) is 50.8 Å². The third-order valence-electron chi connectivity index (χ3n) is 3.90. The van der Waals surface area contributed by atoms with Crippen LogP contribution in [0, 0.1) is 0 Å². The number of hydrogen-bond acceptors (Lipinski definition) is 4. The molecule has 142 valence electrons. The van der Waals surface area contributed by atoms with Gasteiger partial charge in [0.2, 0.25) is 0 Å². The van der Waals surface area contributed by atoms with Crippen molar-refractivity contribution in [3.63, 3.8) is 0 Å². The molecule has 0 saturated carbocycles. The van der Waals surface area contributed by atoms with Crippen LogP contribution in [0.25, 0.3) is 0 Å². The first kappa shape index (κ1) is 21.2. The number of nitrogens with one attached hydrogen (secondary N) is 1. The van der Waals surface area contributed by atoms with Crippen molar-refractivity contribution in [3.8, 4) is 11.5 Å². The predicted octanol–water partition coefficient (Wildman–Crippen LogP) is 5.14. The van der Waals surface area contributed by atoms with Gasteiger partial charge in [0, 0.05) is 25.5 Å². The van der Waals surface area contributed by atoms with Crippen LogP contribution in [0.5, 0.6) is 11.5 Å². The Labute approximate surface area is 174 Å². The van der Waals surface area contributed by atoms with Crippen LogP contribution in [0.1, 0.15) is 16.7 Å². The second-order valence-corrected chi connectivity index (χ2v) is 6.70. The molecule has 0 aliphatic heterocycles. The monoisotopic (exact) mass is 448 g/mol. The van der Waals surface area contributed by atoms with Gasteiger partial charge in [-0.15, -0.1) is 12.4 Å². The Balaban J connectivity index is 0.00000261. The van der Waals surface area contributed by atoms with E-state index in [0.29, 0.717) is 18.1 Å². The lowest BCUT2D eigenvalue weighted by molar-refractivity contribution is 0.282. The van der Waals surface area contributed by atoms with Gasteiger partial charge in [0.15, 0.2) is 11.5 Å². The summed E-state index contributed by atoms with van der Waals surface area (Å²) in [6, 6.07) is 18.1. The molecule has 6 heteroatoms. The third-order valence-corrected chi connectivity index (χ3v) is 4.49. The molecule has 1 aromatic heterocycles. The number of ether oxygens (including phenoxy) is 2. The molecule has 0 radical (unpaired) electrons. The fourth-order valence-electron chi connectivity index (χ4n) is 2.60. The second kappa shape index (κ2) is 10.9. The van der Waals surface area contributed by atoms with E-state index in [1.54, 1.807) is 13.3 Å². The second-order valence-electron chi connectivity index (χ2n) is 5.85. The van der Waals surface area contributed by atoms with Gasteiger partial charge in [0.25, 0.3) is 0 Å². The number of pyridine rings is 1. The first-order valence-corrected chi connectivity index (χ1v) is 9.18. The lowest BCUT2D eigenvalue weighted by Gasteiger charge is -2.15. The molecule has 0 atom stereocenters. The number of aromatic nitrogens is 1. The van der Waals surface area contributed by atoms with Gasteiger partial charge in [0.1, 0.15) is 6.61 Å². The summed E-state index contributed by atoms with van der Waals surface area (Å²) in [4.78, 5) is 4.12. The molecule has 0 unspecified atom stereocenters. The van der Waals surface area contributed by atoms with Crippen LogP contribution in [0.2, 0.25) is 0 Å². The van der Waals surface area contributed by atoms with Crippen molar-refractivity contribution in [2.75, 3.05) is 7.11 Å². The molecule has 3 aromatic rings. The molecule has 0 aliphatic carbocycles. The number of hydrogen-bond donors (Lipinski definition) is 1. The highest BCUT2D eigenvalue weighted by molar-refractivity contribution is 9.10. The Hall–Kier alpha value is -2.08. The Kier molecular flexibility index (Phi) is 8.58. The highest BCUT2D eigenvalue weighted by atomic mass is 79.9. The molecular weight excluding hydrogens is 428 g/mol. The largest absolute Gasteiger partial charge is 0.493 e.